The number of halogens is 1. The van der Waals surface area contributed by atoms with Gasteiger partial charge in [0.2, 0.25) is 0 Å². The molecule has 0 aromatic carbocycles. The molecule has 1 aromatic heterocycles. The maximum atomic E-state index is 11.5. The molecule has 0 unspecified atom stereocenters. The summed E-state index contributed by atoms with van der Waals surface area (Å²) in [6.45, 7) is 2.32. The minimum atomic E-state index is -0.169. The van der Waals surface area contributed by atoms with Gasteiger partial charge in [0.1, 0.15) is 5.69 Å². The molecule has 0 spiro atoms. The zero-order valence-corrected chi connectivity index (χ0v) is 9.29. The topological polar surface area (TPSA) is 42.0 Å². The van der Waals surface area contributed by atoms with Gasteiger partial charge in [0.05, 0.1) is 0 Å². The first kappa shape index (κ1) is 11.7. The van der Waals surface area contributed by atoms with Crippen LogP contribution in [0.15, 0.2) is 30.4 Å². The van der Waals surface area contributed by atoms with Crippen molar-refractivity contribution in [1.82, 2.24) is 10.3 Å². The Morgan fingerprint density at radius 2 is 2.33 bits per heavy atom. The highest BCUT2D eigenvalue weighted by atomic mass is 35.5. The zero-order chi connectivity index (χ0) is 11.1. The second kappa shape index (κ2) is 6.19. The van der Waals surface area contributed by atoms with Crippen molar-refractivity contribution < 1.29 is 4.79 Å². The van der Waals surface area contributed by atoms with Crippen LogP contribution in [0, 0.1) is 6.92 Å². The number of allylic oxidation sites excluding steroid dienone is 1. The van der Waals surface area contributed by atoms with Crippen molar-refractivity contribution in [2.75, 3.05) is 12.4 Å². The summed E-state index contributed by atoms with van der Waals surface area (Å²) in [5, 5.41) is 2.71. The number of carbonyl (C=O) groups is 1. The molecule has 0 saturated heterocycles. The molecule has 0 saturated carbocycles. The number of aryl methyl sites for hydroxylation is 1. The van der Waals surface area contributed by atoms with Crippen LogP contribution in [0.1, 0.15) is 16.2 Å². The number of rotatable bonds is 4. The van der Waals surface area contributed by atoms with E-state index in [0.717, 1.165) is 5.69 Å². The van der Waals surface area contributed by atoms with Crippen LogP contribution in [0.3, 0.4) is 0 Å². The van der Waals surface area contributed by atoms with Crippen LogP contribution in [0.4, 0.5) is 0 Å². The van der Waals surface area contributed by atoms with Gasteiger partial charge in [0, 0.05) is 18.1 Å². The molecule has 0 atom stereocenters. The first-order valence-corrected chi connectivity index (χ1v) is 5.20. The Kier molecular flexibility index (Phi) is 4.84. The predicted molar refractivity (Wildman–Crippen MR) is 61.2 cm³/mol. The second-order valence-corrected chi connectivity index (χ2v) is 3.31. The van der Waals surface area contributed by atoms with Crippen molar-refractivity contribution in [3.05, 3.63) is 41.7 Å². The average Bonchev–Trinajstić information content (AvgIpc) is 2.24. The van der Waals surface area contributed by atoms with Gasteiger partial charge in [0.15, 0.2) is 0 Å². The van der Waals surface area contributed by atoms with Crippen LogP contribution in [0.25, 0.3) is 0 Å². The number of amides is 1. The Balaban J connectivity index is 2.50. The second-order valence-electron chi connectivity index (χ2n) is 3.00. The van der Waals surface area contributed by atoms with E-state index in [1.807, 2.05) is 19.1 Å². The molecule has 4 heteroatoms. The van der Waals surface area contributed by atoms with Gasteiger partial charge in [-0.05, 0) is 19.1 Å². The highest BCUT2D eigenvalue weighted by Gasteiger charge is 2.04. The van der Waals surface area contributed by atoms with Crippen LogP contribution in [0.2, 0.25) is 0 Å². The van der Waals surface area contributed by atoms with Crippen LogP contribution in [-0.4, -0.2) is 23.3 Å². The van der Waals surface area contributed by atoms with Gasteiger partial charge < -0.3 is 5.32 Å². The highest BCUT2D eigenvalue weighted by Crippen LogP contribution is 1.97. The third-order valence-corrected chi connectivity index (χ3v) is 1.94. The minimum Gasteiger partial charge on any atom is -0.347 e. The van der Waals surface area contributed by atoms with Gasteiger partial charge in [-0.3, -0.25) is 4.79 Å². The quantitative estimate of drug-likeness (QED) is 0.627. The molecule has 80 valence electrons. The smallest absolute Gasteiger partial charge is 0.270 e. The van der Waals surface area contributed by atoms with E-state index in [2.05, 4.69) is 10.3 Å². The molecule has 3 nitrogen and oxygen atoms in total. The summed E-state index contributed by atoms with van der Waals surface area (Å²) in [4.78, 5) is 15.6. The summed E-state index contributed by atoms with van der Waals surface area (Å²) < 4.78 is 0. The van der Waals surface area contributed by atoms with Gasteiger partial charge in [0.25, 0.3) is 5.91 Å². The molecule has 0 fully saturated rings. The molecule has 0 aliphatic heterocycles. The Bertz CT molecular complexity index is 363. The number of nitrogens with one attached hydrogen (secondary N) is 1. The lowest BCUT2D eigenvalue weighted by atomic mass is 10.3. The van der Waals surface area contributed by atoms with Crippen molar-refractivity contribution in [3.8, 4) is 0 Å². The third-order valence-electron chi connectivity index (χ3n) is 1.76. The van der Waals surface area contributed by atoms with E-state index in [1.165, 1.54) is 0 Å². The van der Waals surface area contributed by atoms with E-state index < -0.39 is 0 Å². The standard InChI is InChI=1S/C11H13ClN2O/c1-9-5-4-6-10(14-9)11(15)13-8-3-2-7-12/h2-6H,7-8H2,1H3,(H,13,15)/b3-2+. The molecule has 0 aliphatic carbocycles. The van der Waals surface area contributed by atoms with Crippen molar-refractivity contribution in [3.63, 3.8) is 0 Å². The zero-order valence-electron chi connectivity index (χ0n) is 8.53. The molecule has 1 aromatic rings. The number of nitrogens with zero attached hydrogens (tertiary/aromatic N) is 1. The molecule has 1 heterocycles. The van der Waals surface area contributed by atoms with E-state index in [4.69, 9.17) is 11.6 Å². The third kappa shape index (κ3) is 4.13. The van der Waals surface area contributed by atoms with Crippen LogP contribution >= 0.6 is 11.6 Å². The van der Waals surface area contributed by atoms with E-state index in [0.29, 0.717) is 18.1 Å². The Labute approximate surface area is 94.2 Å². The number of alkyl halides is 1. The highest BCUT2D eigenvalue weighted by molar-refractivity contribution is 6.18. The Hall–Kier alpha value is -1.35. The molecular weight excluding hydrogens is 212 g/mol. The number of carbonyl (C=O) groups excluding carboxylic acids is 1. The maximum Gasteiger partial charge on any atom is 0.270 e. The van der Waals surface area contributed by atoms with E-state index in [1.54, 1.807) is 18.2 Å². The largest absolute Gasteiger partial charge is 0.347 e. The normalized spacial score (nSPS) is 10.5. The van der Waals surface area contributed by atoms with E-state index in [-0.39, 0.29) is 5.91 Å². The van der Waals surface area contributed by atoms with Gasteiger partial charge >= 0.3 is 0 Å². The summed E-state index contributed by atoms with van der Waals surface area (Å²) in [5.41, 5.74) is 1.27. The fourth-order valence-corrected chi connectivity index (χ4v) is 1.18. The predicted octanol–water partition coefficient (Wildman–Crippen LogP) is 1.91. The van der Waals surface area contributed by atoms with Gasteiger partial charge in [-0.2, -0.15) is 0 Å². The Morgan fingerprint density at radius 1 is 1.53 bits per heavy atom. The van der Waals surface area contributed by atoms with Crippen LogP contribution in [-0.2, 0) is 0 Å². The number of aromatic nitrogens is 1. The number of hydrogen-bond acceptors (Lipinski definition) is 2. The number of hydrogen-bond donors (Lipinski definition) is 1. The van der Waals surface area contributed by atoms with E-state index in [9.17, 15) is 4.79 Å². The maximum absolute atomic E-state index is 11.5. The van der Waals surface area contributed by atoms with Crippen molar-refractivity contribution in [1.29, 1.82) is 0 Å². The fraction of sp³-hybridized carbons (Fsp3) is 0.273. The minimum absolute atomic E-state index is 0.169. The summed E-state index contributed by atoms with van der Waals surface area (Å²) >= 11 is 5.44. The molecule has 0 aliphatic rings. The number of pyridine rings is 1. The summed E-state index contributed by atoms with van der Waals surface area (Å²) in [5.74, 6) is 0.288. The van der Waals surface area contributed by atoms with E-state index >= 15 is 0 Å². The van der Waals surface area contributed by atoms with Crippen LogP contribution < -0.4 is 5.32 Å². The lowest BCUT2D eigenvalue weighted by Crippen LogP contribution is -2.24. The van der Waals surface area contributed by atoms with Crippen molar-refractivity contribution in [2.24, 2.45) is 0 Å². The average molecular weight is 225 g/mol. The van der Waals surface area contributed by atoms with Gasteiger partial charge in [-0.25, -0.2) is 4.98 Å². The molecule has 1 N–H and O–H groups in total. The SMILES string of the molecule is Cc1cccc(C(=O)NC/C=C/CCl)n1. The lowest BCUT2D eigenvalue weighted by molar-refractivity contribution is 0.0953. The molecule has 1 amide bonds. The molecule has 0 bridgehead atoms. The Morgan fingerprint density at radius 3 is 3.00 bits per heavy atom. The first-order valence-electron chi connectivity index (χ1n) is 4.67. The fourth-order valence-electron chi connectivity index (χ4n) is 1.06. The molecule has 1 rings (SSSR count). The molecular formula is C11H13ClN2O. The monoisotopic (exact) mass is 224 g/mol. The molecule has 0 radical (unpaired) electrons. The van der Waals surface area contributed by atoms with Crippen LogP contribution in [0.5, 0.6) is 0 Å². The summed E-state index contributed by atoms with van der Waals surface area (Å²) in [7, 11) is 0. The molecule has 15 heavy (non-hydrogen) atoms. The van der Waals surface area contributed by atoms with Gasteiger partial charge in [-0.15, -0.1) is 11.6 Å². The van der Waals surface area contributed by atoms with Gasteiger partial charge in [-0.1, -0.05) is 18.2 Å². The first-order chi connectivity index (χ1) is 7.24. The summed E-state index contributed by atoms with van der Waals surface area (Å²) in [6.07, 6.45) is 3.59. The van der Waals surface area contributed by atoms with Crippen molar-refractivity contribution >= 4 is 17.5 Å². The summed E-state index contributed by atoms with van der Waals surface area (Å²) in [6, 6.07) is 5.35. The lowest BCUT2D eigenvalue weighted by Gasteiger charge is -2.01. The van der Waals surface area contributed by atoms with Crippen molar-refractivity contribution in [2.45, 2.75) is 6.92 Å².